The van der Waals surface area contributed by atoms with Crippen molar-refractivity contribution in [2.45, 2.75) is 193 Å². The van der Waals surface area contributed by atoms with Crippen LogP contribution in [0.2, 0.25) is 0 Å². The van der Waals surface area contributed by atoms with Gasteiger partial charge in [-0.3, -0.25) is 9.59 Å². The summed E-state index contributed by atoms with van der Waals surface area (Å²) < 4.78 is 17.2. The molecule has 0 aliphatic rings. The number of carbonyl (C=O) groups is 3. The summed E-state index contributed by atoms with van der Waals surface area (Å²) in [4.78, 5) is 37.0. The third-order valence-electron chi connectivity index (χ3n) is 10.5. The highest BCUT2D eigenvalue weighted by molar-refractivity contribution is 5.70. The van der Waals surface area contributed by atoms with Crippen LogP contribution in [-0.4, -0.2) is 75.5 Å². The second kappa shape index (κ2) is 44.8. The summed E-state index contributed by atoms with van der Waals surface area (Å²) in [6.07, 6.45) is 60.1. The molecule has 8 nitrogen and oxygen atoms in total. The Morgan fingerprint density at radius 1 is 0.508 bits per heavy atom. The van der Waals surface area contributed by atoms with E-state index in [2.05, 4.69) is 111 Å². The van der Waals surface area contributed by atoms with Gasteiger partial charge in [-0.1, -0.05) is 169 Å². The maximum atomic E-state index is 12.8. The molecule has 0 radical (unpaired) electrons. The Kier molecular flexibility index (Phi) is 42.2. The van der Waals surface area contributed by atoms with Gasteiger partial charge in [0.2, 0.25) is 0 Å². The SMILES string of the molecule is CC/C=C/C/C=C/C/C=C/C/C=C/C/C=C/C/C=C/CCCCC(=O)OC(COCCC(C(=O)[O-])[N+](C)(C)C)COC(=O)CCCCCCC/C=C/C=C/CCCCCCCCC. The van der Waals surface area contributed by atoms with Crippen LogP contribution in [0.3, 0.4) is 0 Å². The molecular weight excluding hydrogens is 787 g/mol. The fourth-order valence-corrected chi connectivity index (χ4v) is 6.65. The molecule has 358 valence electrons. The highest BCUT2D eigenvalue weighted by Crippen LogP contribution is 2.12. The number of quaternary nitrogens is 1. The van der Waals surface area contributed by atoms with Crippen molar-refractivity contribution in [3.05, 3.63) is 97.2 Å². The third-order valence-corrected chi connectivity index (χ3v) is 10.5. The summed E-state index contributed by atoms with van der Waals surface area (Å²) in [7, 11) is 5.38. The van der Waals surface area contributed by atoms with Crippen LogP contribution in [0, 0.1) is 0 Å². The van der Waals surface area contributed by atoms with Crippen molar-refractivity contribution in [3.63, 3.8) is 0 Å². The fourth-order valence-electron chi connectivity index (χ4n) is 6.65. The van der Waals surface area contributed by atoms with E-state index in [1.54, 1.807) is 21.1 Å². The average Bonchev–Trinajstić information content (AvgIpc) is 3.24. The molecule has 0 spiro atoms. The van der Waals surface area contributed by atoms with Gasteiger partial charge in [0.05, 0.1) is 40.3 Å². The molecule has 0 fully saturated rings. The van der Waals surface area contributed by atoms with Gasteiger partial charge < -0.3 is 28.6 Å². The molecule has 8 heteroatoms. The Hall–Kier alpha value is -3.75. The van der Waals surface area contributed by atoms with Crippen molar-refractivity contribution in [1.29, 1.82) is 0 Å². The molecule has 0 saturated heterocycles. The van der Waals surface area contributed by atoms with Gasteiger partial charge in [-0.25, -0.2) is 0 Å². The fraction of sp³-hybridized carbons (Fsp3) is 0.655. The topological polar surface area (TPSA) is 102 Å². The molecule has 0 amide bonds. The molecule has 0 heterocycles. The molecule has 2 atom stereocenters. The number of likely N-dealkylation sites (N-methyl/N-ethyl adjacent to an activating group) is 1. The molecular formula is C55H91NO7. The summed E-state index contributed by atoms with van der Waals surface area (Å²) >= 11 is 0. The predicted molar refractivity (Wildman–Crippen MR) is 263 cm³/mol. The van der Waals surface area contributed by atoms with E-state index >= 15 is 0 Å². The van der Waals surface area contributed by atoms with E-state index < -0.39 is 18.1 Å². The highest BCUT2D eigenvalue weighted by Gasteiger charge is 2.25. The normalized spacial score (nSPS) is 13.7. The third kappa shape index (κ3) is 43.3. The summed E-state index contributed by atoms with van der Waals surface area (Å²) in [6, 6.07) is -0.743. The number of ether oxygens (including phenoxy) is 3. The van der Waals surface area contributed by atoms with E-state index in [1.807, 2.05) is 0 Å². The van der Waals surface area contributed by atoms with Crippen LogP contribution >= 0.6 is 0 Å². The van der Waals surface area contributed by atoms with Crippen LogP contribution in [0.4, 0.5) is 0 Å². The zero-order chi connectivity index (χ0) is 46.3. The van der Waals surface area contributed by atoms with E-state index in [4.69, 9.17) is 14.2 Å². The molecule has 0 bridgehead atoms. The summed E-state index contributed by atoms with van der Waals surface area (Å²) in [6.45, 7) is 4.47. The number of unbranched alkanes of at least 4 members (excludes halogenated alkanes) is 14. The van der Waals surface area contributed by atoms with Gasteiger partial charge >= 0.3 is 11.9 Å². The minimum Gasteiger partial charge on any atom is -0.544 e. The summed E-state index contributed by atoms with van der Waals surface area (Å²) in [5.74, 6) is -1.82. The maximum Gasteiger partial charge on any atom is 0.306 e. The van der Waals surface area contributed by atoms with E-state index in [0.29, 0.717) is 12.8 Å². The van der Waals surface area contributed by atoms with Crippen LogP contribution in [0.5, 0.6) is 0 Å². The lowest BCUT2D eigenvalue weighted by Crippen LogP contribution is -2.55. The van der Waals surface area contributed by atoms with Crippen LogP contribution < -0.4 is 5.11 Å². The number of carbonyl (C=O) groups excluding carboxylic acids is 3. The number of carboxylic acids is 1. The van der Waals surface area contributed by atoms with Gasteiger partial charge in [0.15, 0.2) is 6.10 Å². The Balaban J connectivity index is 4.42. The van der Waals surface area contributed by atoms with Crippen molar-refractivity contribution in [2.75, 3.05) is 41.0 Å². The number of hydrogen-bond acceptors (Lipinski definition) is 7. The van der Waals surface area contributed by atoms with Gasteiger partial charge in [0.25, 0.3) is 0 Å². The minimum absolute atomic E-state index is 0.0118. The summed E-state index contributed by atoms with van der Waals surface area (Å²) in [5, 5.41) is 11.7. The zero-order valence-corrected chi connectivity index (χ0v) is 40.7. The van der Waals surface area contributed by atoms with Crippen molar-refractivity contribution < 1.29 is 38.2 Å². The first-order chi connectivity index (χ1) is 30.6. The number of carboxylic acid groups (broad SMARTS) is 1. The lowest BCUT2D eigenvalue weighted by Gasteiger charge is -2.34. The van der Waals surface area contributed by atoms with Crippen LogP contribution in [-0.2, 0) is 28.6 Å². The molecule has 2 unspecified atom stereocenters. The molecule has 0 aromatic carbocycles. The number of esters is 2. The smallest absolute Gasteiger partial charge is 0.306 e. The van der Waals surface area contributed by atoms with Crippen molar-refractivity contribution >= 4 is 17.9 Å². The first-order valence-electron chi connectivity index (χ1n) is 24.8. The Bertz CT molecular complexity index is 1350. The van der Waals surface area contributed by atoms with E-state index in [9.17, 15) is 19.5 Å². The van der Waals surface area contributed by atoms with E-state index in [0.717, 1.165) is 96.3 Å². The number of nitrogens with zero attached hydrogens (tertiary/aromatic N) is 1. The Morgan fingerprint density at radius 2 is 0.937 bits per heavy atom. The molecule has 0 aromatic heterocycles. The maximum absolute atomic E-state index is 12.8. The second-order valence-electron chi connectivity index (χ2n) is 17.3. The standard InChI is InChI=1S/C55H91NO7/c1-6-8-10-12-14-16-18-20-22-24-26-27-28-30-32-34-36-38-40-42-44-46-54(58)63-51(49-61-48-47-52(55(59)60)56(3,4)5)50-62-53(57)45-43-41-39-37-35-33-31-29-25-23-21-19-17-15-13-11-9-7-2/h8,10,14,16,20,22-23,25-27,29-32,36,38,51-52H,6-7,9,11-13,15,17-19,21,24,28,33-35,37,39-50H2,1-5H3/b10-8+,16-14+,22-20+,25-23+,27-26+,31-29+,32-30+,38-36+. The number of hydrogen-bond donors (Lipinski definition) is 0. The number of rotatable bonds is 43. The average molecular weight is 878 g/mol. The molecule has 0 aromatic rings. The monoisotopic (exact) mass is 878 g/mol. The van der Waals surface area contributed by atoms with E-state index in [-0.39, 0.29) is 49.1 Å². The van der Waals surface area contributed by atoms with Crippen LogP contribution in [0.25, 0.3) is 0 Å². The quantitative estimate of drug-likeness (QED) is 0.0198. The Morgan fingerprint density at radius 3 is 1.44 bits per heavy atom. The molecule has 63 heavy (non-hydrogen) atoms. The van der Waals surface area contributed by atoms with Crippen molar-refractivity contribution in [3.8, 4) is 0 Å². The van der Waals surface area contributed by atoms with Crippen molar-refractivity contribution in [1.82, 2.24) is 0 Å². The molecule has 0 saturated carbocycles. The zero-order valence-electron chi connectivity index (χ0n) is 40.7. The van der Waals surface area contributed by atoms with Crippen molar-refractivity contribution in [2.24, 2.45) is 0 Å². The second-order valence-corrected chi connectivity index (χ2v) is 17.3. The van der Waals surface area contributed by atoms with Gasteiger partial charge in [-0.05, 0) is 89.9 Å². The van der Waals surface area contributed by atoms with E-state index in [1.165, 1.54) is 44.9 Å². The molecule has 0 aliphatic carbocycles. The van der Waals surface area contributed by atoms with Gasteiger partial charge in [0, 0.05) is 19.3 Å². The Labute approximate surface area is 386 Å². The number of allylic oxidation sites excluding steroid dienone is 16. The number of aliphatic carboxylic acids is 1. The lowest BCUT2D eigenvalue weighted by atomic mass is 10.1. The van der Waals surface area contributed by atoms with Crippen LogP contribution in [0.15, 0.2) is 97.2 Å². The largest absolute Gasteiger partial charge is 0.544 e. The highest BCUT2D eigenvalue weighted by atomic mass is 16.6. The van der Waals surface area contributed by atoms with Gasteiger partial charge in [-0.15, -0.1) is 0 Å². The lowest BCUT2D eigenvalue weighted by molar-refractivity contribution is -0.889. The first kappa shape index (κ1) is 59.2. The minimum atomic E-state index is -1.14. The van der Waals surface area contributed by atoms with Crippen LogP contribution in [0.1, 0.15) is 181 Å². The summed E-state index contributed by atoms with van der Waals surface area (Å²) in [5.41, 5.74) is 0. The predicted octanol–water partition coefficient (Wildman–Crippen LogP) is 12.9. The first-order valence-corrected chi connectivity index (χ1v) is 24.8. The molecule has 0 aliphatic heterocycles. The van der Waals surface area contributed by atoms with Gasteiger partial charge in [-0.2, -0.15) is 0 Å². The molecule has 0 N–H and O–H groups in total. The molecule has 0 rings (SSSR count). The van der Waals surface area contributed by atoms with Gasteiger partial charge in [0.1, 0.15) is 12.6 Å².